The molecule has 0 saturated carbocycles. The molecule has 4 aromatic carbocycles. The van der Waals surface area contributed by atoms with Crippen LogP contribution in [0.25, 0.3) is 0 Å². The lowest BCUT2D eigenvalue weighted by atomic mass is 9.90. The first kappa shape index (κ1) is 22.5. The summed E-state index contributed by atoms with van der Waals surface area (Å²) >= 11 is 0. The molecule has 0 saturated heterocycles. The Hall–Kier alpha value is -3.74. The number of benzene rings is 4. The Morgan fingerprint density at radius 2 is 1.15 bits per heavy atom. The summed E-state index contributed by atoms with van der Waals surface area (Å²) in [5, 5.41) is 2.92. The summed E-state index contributed by atoms with van der Waals surface area (Å²) in [7, 11) is -3.67. The van der Waals surface area contributed by atoms with Crippen molar-refractivity contribution in [3.8, 4) is 0 Å². The van der Waals surface area contributed by atoms with E-state index >= 15 is 0 Å². The maximum Gasteiger partial charge on any atom is 0.240 e. The third kappa shape index (κ3) is 5.74. The summed E-state index contributed by atoms with van der Waals surface area (Å²) < 4.78 is 27.8. The van der Waals surface area contributed by atoms with Gasteiger partial charge in [0.2, 0.25) is 15.9 Å². The van der Waals surface area contributed by atoms with Gasteiger partial charge in [-0.3, -0.25) is 4.79 Å². The summed E-state index contributed by atoms with van der Waals surface area (Å²) in [4.78, 5) is 13.4. The van der Waals surface area contributed by atoms with Gasteiger partial charge in [-0.15, -0.1) is 0 Å². The summed E-state index contributed by atoms with van der Waals surface area (Å²) in [6, 6.07) is 34.6. The Kier molecular flexibility index (Phi) is 6.98. The largest absolute Gasteiger partial charge is 0.325 e. The van der Waals surface area contributed by atoms with E-state index in [9.17, 15) is 13.2 Å². The smallest absolute Gasteiger partial charge is 0.240 e. The maximum atomic E-state index is 13.2. The zero-order valence-corrected chi connectivity index (χ0v) is 18.7. The van der Waals surface area contributed by atoms with Gasteiger partial charge in [-0.25, -0.2) is 13.1 Å². The van der Waals surface area contributed by atoms with Crippen molar-refractivity contribution >= 4 is 21.6 Å². The highest BCUT2D eigenvalue weighted by molar-refractivity contribution is 7.89. The van der Waals surface area contributed by atoms with Crippen LogP contribution in [0.2, 0.25) is 0 Å². The van der Waals surface area contributed by atoms with Crippen molar-refractivity contribution in [1.82, 2.24) is 4.72 Å². The van der Waals surface area contributed by atoms with Crippen LogP contribution in [-0.4, -0.2) is 14.3 Å². The van der Waals surface area contributed by atoms with Gasteiger partial charge in [-0.1, -0.05) is 91.0 Å². The standard InChI is InChI=1S/C27H24N2O3S/c30-27(26(22-12-6-2-7-13-22)23-14-8-3-9-15-23)29-24-16-18-25(19-17-24)33(31,32)28-20-21-10-4-1-5-11-21/h1-19,26,28H,20H2,(H,29,30). The Morgan fingerprint density at radius 1 is 0.667 bits per heavy atom. The highest BCUT2D eigenvalue weighted by Crippen LogP contribution is 2.26. The van der Waals surface area contributed by atoms with Crippen molar-refractivity contribution in [2.45, 2.75) is 17.4 Å². The van der Waals surface area contributed by atoms with Gasteiger partial charge in [0.05, 0.1) is 10.8 Å². The topological polar surface area (TPSA) is 75.3 Å². The van der Waals surface area contributed by atoms with E-state index in [1.165, 1.54) is 12.1 Å². The monoisotopic (exact) mass is 456 g/mol. The molecule has 0 radical (unpaired) electrons. The lowest BCUT2D eigenvalue weighted by Crippen LogP contribution is -2.24. The molecule has 33 heavy (non-hydrogen) atoms. The van der Waals surface area contributed by atoms with E-state index in [1.54, 1.807) is 12.1 Å². The number of carbonyl (C=O) groups is 1. The first-order chi connectivity index (χ1) is 16.0. The molecule has 2 N–H and O–H groups in total. The minimum Gasteiger partial charge on any atom is -0.325 e. The number of anilines is 1. The lowest BCUT2D eigenvalue weighted by Gasteiger charge is -2.18. The number of hydrogen-bond acceptors (Lipinski definition) is 3. The third-order valence-electron chi connectivity index (χ3n) is 5.27. The molecule has 0 aliphatic rings. The molecule has 0 aliphatic carbocycles. The van der Waals surface area contributed by atoms with E-state index in [0.29, 0.717) is 5.69 Å². The molecule has 6 heteroatoms. The van der Waals surface area contributed by atoms with Crippen LogP contribution in [0, 0.1) is 0 Å². The molecule has 0 fully saturated rings. The van der Waals surface area contributed by atoms with Crippen LogP contribution in [0.1, 0.15) is 22.6 Å². The zero-order valence-electron chi connectivity index (χ0n) is 17.9. The van der Waals surface area contributed by atoms with E-state index in [2.05, 4.69) is 10.0 Å². The fourth-order valence-corrected chi connectivity index (χ4v) is 4.59. The van der Waals surface area contributed by atoms with Gasteiger partial charge in [0.25, 0.3) is 0 Å². The van der Waals surface area contributed by atoms with Gasteiger partial charge < -0.3 is 5.32 Å². The molecule has 0 atom stereocenters. The van der Waals surface area contributed by atoms with Gasteiger partial charge in [0.1, 0.15) is 0 Å². The van der Waals surface area contributed by atoms with Crippen LogP contribution in [0.3, 0.4) is 0 Å². The fourth-order valence-electron chi connectivity index (χ4n) is 3.58. The second-order valence-electron chi connectivity index (χ2n) is 7.58. The van der Waals surface area contributed by atoms with Crippen LogP contribution >= 0.6 is 0 Å². The van der Waals surface area contributed by atoms with E-state index in [4.69, 9.17) is 0 Å². The molecular formula is C27H24N2O3S. The van der Waals surface area contributed by atoms with Gasteiger partial charge in [-0.05, 0) is 41.0 Å². The lowest BCUT2D eigenvalue weighted by molar-refractivity contribution is -0.116. The average Bonchev–Trinajstić information content (AvgIpc) is 2.85. The first-order valence-corrected chi connectivity index (χ1v) is 12.1. The molecule has 166 valence electrons. The SMILES string of the molecule is O=C(Nc1ccc(S(=O)(=O)NCc2ccccc2)cc1)C(c1ccccc1)c1ccccc1. The second-order valence-corrected chi connectivity index (χ2v) is 9.35. The molecule has 4 aromatic rings. The predicted molar refractivity (Wildman–Crippen MR) is 130 cm³/mol. The minimum atomic E-state index is -3.67. The van der Waals surface area contributed by atoms with Gasteiger partial charge >= 0.3 is 0 Å². The molecule has 0 aromatic heterocycles. The summed E-state index contributed by atoms with van der Waals surface area (Å²) in [6.45, 7) is 0.206. The molecule has 1 amide bonds. The quantitative estimate of drug-likeness (QED) is 0.395. The molecule has 0 heterocycles. The highest BCUT2D eigenvalue weighted by atomic mass is 32.2. The molecule has 0 aliphatic heterocycles. The summed E-state index contributed by atoms with van der Waals surface area (Å²) in [5.41, 5.74) is 3.16. The summed E-state index contributed by atoms with van der Waals surface area (Å²) in [5.74, 6) is -0.673. The van der Waals surface area contributed by atoms with Crippen LogP contribution in [0.15, 0.2) is 120 Å². The number of rotatable bonds is 8. The van der Waals surface area contributed by atoms with Gasteiger partial charge in [0, 0.05) is 12.2 Å². The third-order valence-corrected chi connectivity index (χ3v) is 6.69. The van der Waals surface area contributed by atoms with Crippen molar-refractivity contribution in [2.24, 2.45) is 0 Å². The Balaban J connectivity index is 1.49. The zero-order chi connectivity index (χ0) is 23.1. The van der Waals surface area contributed by atoms with Crippen molar-refractivity contribution in [3.63, 3.8) is 0 Å². The van der Waals surface area contributed by atoms with E-state index in [1.807, 2.05) is 91.0 Å². The average molecular weight is 457 g/mol. The van der Waals surface area contributed by atoms with Crippen LogP contribution in [0.5, 0.6) is 0 Å². The van der Waals surface area contributed by atoms with Crippen molar-refractivity contribution in [1.29, 1.82) is 0 Å². The van der Waals surface area contributed by atoms with E-state index in [0.717, 1.165) is 16.7 Å². The van der Waals surface area contributed by atoms with Gasteiger partial charge in [-0.2, -0.15) is 0 Å². The Bertz CT molecular complexity index is 1250. The van der Waals surface area contributed by atoms with Crippen molar-refractivity contribution in [2.75, 3.05) is 5.32 Å². The molecule has 0 spiro atoms. The highest BCUT2D eigenvalue weighted by Gasteiger charge is 2.23. The van der Waals surface area contributed by atoms with Crippen molar-refractivity contribution < 1.29 is 13.2 Å². The number of hydrogen-bond donors (Lipinski definition) is 2. The van der Waals surface area contributed by atoms with Crippen LogP contribution in [-0.2, 0) is 21.4 Å². The summed E-state index contributed by atoms with van der Waals surface area (Å²) in [6.07, 6.45) is 0. The molecule has 0 unspecified atom stereocenters. The molecule has 0 bridgehead atoms. The maximum absolute atomic E-state index is 13.2. The number of nitrogens with one attached hydrogen (secondary N) is 2. The fraction of sp³-hybridized carbons (Fsp3) is 0.0741. The normalized spacial score (nSPS) is 11.3. The number of carbonyl (C=O) groups excluding carboxylic acids is 1. The van der Waals surface area contributed by atoms with Crippen LogP contribution in [0.4, 0.5) is 5.69 Å². The molecule has 4 rings (SSSR count). The molecule has 5 nitrogen and oxygen atoms in total. The molecular weight excluding hydrogens is 432 g/mol. The predicted octanol–water partition coefficient (Wildman–Crippen LogP) is 4.94. The van der Waals surface area contributed by atoms with E-state index in [-0.39, 0.29) is 17.3 Å². The van der Waals surface area contributed by atoms with Crippen molar-refractivity contribution in [3.05, 3.63) is 132 Å². The first-order valence-electron chi connectivity index (χ1n) is 10.6. The minimum absolute atomic E-state index is 0.138. The Labute approximate surface area is 194 Å². The number of sulfonamides is 1. The van der Waals surface area contributed by atoms with Crippen LogP contribution < -0.4 is 10.0 Å². The number of amides is 1. The Morgan fingerprint density at radius 3 is 1.67 bits per heavy atom. The van der Waals surface area contributed by atoms with Gasteiger partial charge in [0.15, 0.2) is 0 Å². The second kappa shape index (κ2) is 10.3. The van der Waals surface area contributed by atoms with E-state index < -0.39 is 15.9 Å².